The van der Waals surface area contributed by atoms with Crippen molar-refractivity contribution in [3.8, 4) is 0 Å². The highest BCUT2D eigenvalue weighted by molar-refractivity contribution is 6.05. The Morgan fingerprint density at radius 2 is 1.76 bits per heavy atom. The average Bonchev–Trinajstić information content (AvgIpc) is 3.24. The van der Waals surface area contributed by atoms with Crippen molar-refractivity contribution in [3.05, 3.63) is 112 Å². The lowest BCUT2D eigenvalue weighted by molar-refractivity contribution is -0.134. The molecule has 7 nitrogen and oxygen atoms in total. The number of aryl methyl sites for hydroxylation is 2. The van der Waals surface area contributed by atoms with Crippen LogP contribution in [0.15, 0.2) is 84.1 Å². The second kappa shape index (κ2) is 10.1. The van der Waals surface area contributed by atoms with Crippen LogP contribution in [0.2, 0.25) is 0 Å². The average molecular weight is 513 g/mol. The van der Waals surface area contributed by atoms with Crippen LogP contribution in [0.3, 0.4) is 0 Å². The molecule has 0 fully saturated rings. The van der Waals surface area contributed by atoms with Gasteiger partial charge in [0.05, 0.1) is 23.9 Å². The summed E-state index contributed by atoms with van der Waals surface area (Å²) in [6.45, 7) is 4.07. The number of hydrogen-bond acceptors (Lipinski definition) is 3. The molecule has 0 spiro atoms. The van der Waals surface area contributed by atoms with E-state index >= 15 is 0 Å². The predicted octanol–water partition coefficient (Wildman–Crippen LogP) is 4.48. The normalized spacial score (nSPS) is 17.8. The molecule has 3 aromatic carbocycles. The molecule has 2 heterocycles. The molecule has 0 saturated carbocycles. The van der Waals surface area contributed by atoms with E-state index in [0.717, 1.165) is 22.3 Å². The Hall–Kier alpha value is -4.46. The summed E-state index contributed by atoms with van der Waals surface area (Å²) in [5, 5.41) is 5.81. The smallest absolute Gasteiger partial charge is 0.322 e. The molecule has 0 saturated heterocycles. The summed E-state index contributed by atoms with van der Waals surface area (Å²) in [5.41, 5.74) is 5.25. The summed E-state index contributed by atoms with van der Waals surface area (Å²) in [6.07, 6.45) is 0.277. The second-order valence-corrected chi connectivity index (χ2v) is 9.80. The summed E-state index contributed by atoms with van der Waals surface area (Å²) in [7, 11) is 1.63. The molecule has 0 aliphatic carbocycles. The lowest BCUT2D eigenvalue weighted by Gasteiger charge is -2.31. The third-order valence-corrected chi connectivity index (χ3v) is 7.19. The van der Waals surface area contributed by atoms with Crippen LogP contribution in [0.1, 0.15) is 28.3 Å². The Balaban J connectivity index is 1.50. The number of likely N-dealkylation sites (N-methyl/N-ethyl adjacent to an activating group) is 1. The van der Waals surface area contributed by atoms with Crippen LogP contribution in [0.5, 0.6) is 0 Å². The quantitative estimate of drug-likeness (QED) is 0.511. The first-order valence-corrected chi connectivity index (χ1v) is 12.5. The van der Waals surface area contributed by atoms with Crippen LogP contribution in [0.4, 0.5) is 14.9 Å². The van der Waals surface area contributed by atoms with Gasteiger partial charge in [-0.05, 0) is 54.8 Å². The molecular weight excluding hydrogens is 483 g/mol. The number of carbonyl (C=O) groups is 3. The van der Waals surface area contributed by atoms with Crippen molar-refractivity contribution in [2.45, 2.75) is 32.4 Å². The Morgan fingerprint density at radius 1 is 1.05 bits per heavy atom. The van der Waals surface area contributed by atoms with Crippen molar-refractivity contribution in [2.24, 2.45) is 0 Å². The van der Waals surface area contributed by atoms with Crippen molar-refractivity contribution < 1.29 is 18.8 Å². The van der Waals surface area contributed by atoms with Gasteiger partial charge in [-0.25, -0.2) is 9.18 Å². The van der Waals surface area contributed by atoms with Crippen molar-refractivity contribution in [3.63, 3.8) is 0 Å². The number of halogens is 1. The summed E-state index contributed by atoms with van der Waals surface area (Å²) in [6, 6.07) is 19.1. The van der Waals surface area contributed by atoms with Gasteiger partial charge in [-0.2, -0.15) is 0 Å². The van der Waals surface area contributed by atoms with Gasteiger partial charge >= 0.3 is 6.03 Å². The summed E-state index contributed by atoms with van der Waals surface area (Å²) < 4.78 is 13.4. The highest BCUT2D eigenvalue weighted by Crippen LogP contribution is 2.38. The number of rotatable bonds is 6. The number of urea groups is 1. The fourth-order valence-electron chi connectivity index (χ4n) is 5.16. The topological polar surface area (TPSA) is 81.8 Å². The number of amides is 4. The van der Waals surface area contributed by atoms with Gasteiger partial charge in [-0.1, -0.05) is 54.1 Å². The van der Waals surface area contributed by atoms with E-state index in [1.165, 1.54) is 34.1 Å². The molecule has 38 heavy (non-hydrogen) atoms. The molecule has 194 valence electrons. The largest absolute Gasteiger partial charge is 0.326 e. The minimum Gasteiger partial charge on any atom is -0.326 e. The van der Waals surface area contributed by atoms with Crippen molar-refractivity contribution in [2.75, 3.05) is 18.9 Å². The number of nitrogens with one attached hydrogen (secondary N) is 2. The van der Waals surface area contributed by atoms with E-state index in [0.29, 0.717) is 17.0 Å². The standard InChI is InChI=1S/C30H29FN4O3/c1-18-9-14-23(19(2)15-18)27-26-25(34(3)30(38)33-27)17-35(29(26)37)24(16-20-7-5-4-6-8-20)28(36)32-22-12-10-21(31)11-13-22/h4-15,24,27H,16-17H2,1-3H3,(H,32,36)(H,33,38)/t24-,27-/m1/s1. The molecule has 0 bridgehead atoms. The highest BCUT2D eigenvalue weighted by Gasteiger charge is 2.46. The molecule has 2 atom stereocenters. The lowest BCUT2D eigenvalue weighted by Crippen LogP contribution is -2.47. The first kappa shape index (κ1) is 25.2. The molecule has 8 heteroatoms. The van der Waals surface area contributed by atoms with Gasteiger partial charge in [0.1, 0.15) is 11.9 Å². The maximum Gasteiger partial charge on any atom is 0.322 e. The van der Waals surface area contributed by atoms with E-state index in [2.05, 4.69) is 10.6 Å². The third-order valence-electron chi connectivity index (χ3n) is 7.19. The first-order valence-electron chi connectivity index (χ1n) is 12.5. The molecule has 2 N–H and O–H groups in total. The second-order valence-electron chi connectivity index (χ2n) is 9.80. The van der Waals surface area contributed by atoms with Crippen LogP contribution in [0, 0.1) is 19.7 Å². The summed E-state index contributed by atoms with van der Waals surface area (Å²) in [5.74, 6) is -1.10. The molecule has 0 unspecified atom stereocenters. The zero-order valence-electron chi connectivity index (χ0n) is 21.5. The molecule has 2 aliphatic heterocycles. The van der Waals surface area contributed by atoms with Crippen LogP contribution in [-0.4, -0.2) is 47.3 Å². The van der Waals surface area contributed by atoms with Gasteiger partial charge in [0.2, 0.25) is 5.91 Å². The molecule has 0 radical (unpaired) electrons. The number of nitrogens with zero attached hydrogens (tertiary/aromatic N) is 2. The lowest BCUT2D eigenvalue weighted by atomic mass is 9.91. The van der Waals surface area contributed by atoms with E-state index < -0.39 is 23.8 Å². The molecular formula is C30H29FN4O3. The molecule has 2 aliphatic rings. The Kier molecular flexibility index (Phi) is 6.72. The molecule has 0 aromatic heterocycles. The number of hydrogen-bond donors (Lipinski definition) is 2. The Bertz CT molecular complexity index is 1440. The van der Waals surface area contributed by atoms with Crippen LogP contribution >= 0.6 is 0 Å². The van der Waals surface area contributed by atoms with Gasteiger partial charge in [0.15, 0.2) is 0 Å². The maximum absolute atomic E-state index is 14.0. The zero-order chi connectivity index (χ0) is 27.0. The zero-order valence-corrected chi connectivity index (χ0v) is 21.5. The minimum atomic E-state index is -0.858. The number of benzene rings is 3. The van der Waals surface area contributed by atoms with Crippen molar-refractivity contribution in [1.29, 1.82) is 0 Å². The fourth-order valence-corrected chi connectivity index (χ4v) is 5.16. The van der Waals surface area contributed by atoms with Crippen molar-refractivity contribution >= 4 is 23.5 Å². The SMILES string of the molecule is Cc1ccc([C@H]2NC(=O)N(C)C3=C2C(=O)N([C@H](Cc2ccccc2)C(=O)Nc2ccc(F)cc2)C3)c(C)c1. The summed E-state index contributed by atoms with van der Waals surface area (Å²) in [4.78, 5) is 43.6. The van der Waals surface area contributed by atoms with Crippen molar-refractivity contribution in [1.82, 2.24) is 15.1 Å². The van der Waals surface area contributed by atoms with Gasteiger partial charge in [0.25, 0.3) is 5.91 Å². The van der Waals surface area contributed by atoms with Gasteiger partial charge < -0.3 is 15.5 Å². The molecule has 3 aromatic rings. The number of anilines is 1. The van der Waals surface area contributed by atoms with E-state index in [1.54, 1.807) is 7.05 Å². The van der Waals surface area contributed by atoms with Crippen LogP contribution in [-0.2, 0) is 16.0 Å². The van der Waals surface area contributed by atoms with Crippen LogP contribution in [0.25, 0.3) is 0 Å². The molecule has 4 amide bonds. The predicted molar refractivity (Wildman–Crippen MR) is 143 cm³/mol. The third kappa shape index (κ3) is 4.77. The monoisotopic (exact) mass is 512 g/mol. The van der Waals surface area contributed by atoms with E-state index in [4.69, 9.17) is 0 Å². The van der Waals surface area contributed by atoms with Gasteiger partial charge in [-0.15, -0.1) is 0 Å². The fraction of sp³-hybridized carbons (Fsp3) is 0.233. The number of carbonyl (C=O) groups excluding carboxylic acids is 3. The van der Waals surface area contributed by atoms with Gasteiger partial charge in [-0.3, -0.25) is 14.5 Å². The minimum absolute atomic E-state index is 0.119. The summed E-state index contributed by atoms with van der Waals surface area (Å²) >= 11 is 0. The maximum atomic E-state index is 14.0. The molecule has 5 rings (SSSR count). The van der Waals surface area contributed by atoms with E-state index in [1.807, 2.05) is 62.4 Å². The van der Waals surface area contributed by atoms with E-state index in [-0.39, 0.29) is 24.9 Å². The first-order chi connectivity index (χ1) is 18.2. The van der Waals surface area contributed by atoms with Gasteiger partial charge in [0, 0.05) is 19.2 Å². The van der Waals surface area contributed by atoms with Crippen LogP contribution < -0.4 is 10.6 Å². The highest BCUT2D eigenvalue weighted by atomic mass is 19.1. The Labute approximate surface area is 220 Å². The van der Waals surface area contributed by atoms with E-state index in [9.17, 15) is 18.8 Å². The Morgan fingerprint density at radius 3 is 2.45 bits per heavy atom.